The highest BCUT2D eigenvalue weighted by Crippen LogP contribution is 2.06. The molecule has 6 nitrogen and oxygen atoms in total. The van der Waals surface area contributed by atoms with Gasteiger partial charge in [0, 0.05) is 6.54 Å². The first kappa shape index (κ1) is 11.0. The summed E-state index contributed by atoms with van der Waals surface area (Å²) in [6.45, 7) is 6.89. The van der Waals surface area contributed by atoms with E-state index in [4.69, 9.17) is 0 Å². The number of hydrogen-bond acceptors (Lipinski definition) is 5. The smallest absolute Gasteiger partial charge is 0.255 e. The third-order valence-corrected chi connectivity index (χ3v) is 3.10. The standard InChI is InChI=1S/C9H13N5OS/c1-4-13-8(6(2)10-12-13)5-14-9(15)16-7(3)11-14/h4-5H2,1-3H3. The molecule has 0 saturated heterocycles. The first-order valence-corrected chi connectivity index (χ1v) is 5.87. The number of aromatic nitrogens is 5. The molecule has 0 aliphatic carbocycles. The van der Waals surface area contributed by atoms with Crippen molar-refractivity contribution in [2.75, 3.05) is 0 Å². The largest absolute Gasteiger partial charge is 0.325 e. The van der Waals surface area contributed by atoms with Crippen molar-refractivity contribution in [2.24, 2.45) is 0 Å². The van der Waals surface area contributed by atoms with E-state index in [9.17, 15) is 4.79 Å². The summed E-state index contributed by atoms with van der Waals surface area (Å²) in [4.78, 5) is 11.5. The van der Waals surface area contributed by atoms with Gasteiger partial charge in [0.25, 0.3) is 0 Å². The van der Waals surface area contributed by atoms with Crippen molar-refractivity contribution >= 4 is 11.3 Å². The molecule has 0 bridgehead atoms. The molecule has 0 fully saturated rings. The zero-order chi connectivity index (χ0) is 11.7. The van der Waals surface area contributed by atoms with Crippen LogP contribution in [-0.4, -0.2) is 24.8 Å². The summed E-state index contributed by atoms with van der Waals surface area (Å²) in [6.07, 6.45) is 0. The summed E-state index contributed by atoms with van der Waals surface area (Å²) in [5.74, 6) is 0. The zero-order valence-electron chi connectivity index (χ0n) is 9.47. The number of aryl methyl sites for hydroxylation is 3. The van der Waals surface area contributed by atoms with Crippen LogP contribution in [0.4, 0.5) is 0 Å². The second-order valence-corrected chi connectivity index (χ2v) is 4.63. The van der Waals surface area contributed by atoms with E-state index in [-0.39, 0.29) is 4.87 Å². The van der Waals surface area contributed by atoms with Gasteiger partial charge >= 0.3 is 4.87 Å². The van der Waals surface area contributed by atoms with Crippen LogP contribution >= 0.6 is 11.3 Å². The summed E-state index contributed by atoms with van der Waals surface area (Å²) < 4.78 is 3.24. The minimum Gasteiger partial charge on any atom is -0.255 e. The normalized spacial score (nSPS) is 10.9. The summed E-state index contributed by atoms with van der Waals surface area (Å²) in [7, 11) is 0. The van der Waals surface area contributed by atoms with E-state index >= 15 is 0 Å². The zero-order valence-corrected chi connectivity index (χ0v) is 10.3. The second kappa shape index (κ2) is 4.17. The van der Waals surface area contributed by atoms with Crippen molar-refractivity contribution in [1.29, 1.82) is 0 Å². The fraction of sp³-hybridized carbons (Fsp3) is 0.556. The Morgan fingerprint density at radius 2 is 2.06 bits per heavy atom. The van der Waals surface area contributed by atoms with Gasteiger partial charge in [0.05, 0.1) is 17.9 Å². The van der Waals surface area contributed by atoms with Gasteiger partial charge in [-0.25, -0.2) is 9.36 Å². The molecule has 16 heavy (non-hydrogen) atoms. The molecule has 0 N–H and O–H groups in total. The maximum absolute atomic E-state index is 11.5. The third kappa shape index (κ3) is 1.90. The number of hydrogen-bond donors (Lipinski definition) is 0. The maximum Gasteiger partial charge on any atom is 0.325 e. The lowest BCUT2D eigenvalue weighted by Crippen LogP contribution is -2.18. The number of nitrogens with zero attached hydrogens (tertiary/aromatic N) is 5. The van der Waals surface area contributed by atoms with Crippen molar-refractivity contribution in [3.05, 3.63) is 26.1 Å². The molecule has 0 radical (unpaired) electrons. The maximum atomic E-state index is 11.5. The SMILES string of the molecule is CCn1nnc(C)c1Cn1nc(C)sc1=O. The van der Waals surface area contributed by atoms with Crippen molar-refractivity contribution in [3.63, 3.8) is 0 Å². The van der Waals surface area contributed by atoms with Gasteiger partial charge in [0.15, 0.2) is 0 Å². The van der Waals surface area contributed by atoms with Crippen LogP contribution < -0.4 is 4.87 Å². The molecule has 0 unspecified atom stereocenters. The lowest BCUT2D eigenvalue weighted by atomic mass is 10.3. The predicted octanol–water partition coefficient (Wildman–Crippen LogP) is 0.581. The van der Waals surface area contributed by atoms with E-state index < -0.39 is 0 Å². The highest BCUT2D eigenvalue weighted by molar-refractivity contribution is 7.08. The molecule has 0 aliphatic rings. The van der Waals surface area contributed by atoms with Crippen LogP contribution in [0.25, 0.3) is 0 Å². The van der Waals surface area contributed by atoms with Crippen LogP contribution in [0.3, 0.4) is 0 Å². The van der Waals surface area contributed by atoms with Crippen LogP contribution in [0.2, 0.25) is 0 Å². The second-order valence-electron chi connectivity index (χ2n) is 3.48. The Morgan fingerprint density at radius 1 is 1.31 bits per heavy atom. The molecule has 0 aliphatic heterocycles. The average Bonchev–Trinajstić information content (AvgIpc) is 2.73. The monoisotopic (exact) mass is 239 g/mol. The van der Waals surface area contributed by atoms with Crippen LogP contribution in [-0.2, 0) is 13.1 Å². The van der Waals surface area contributed by atoms with Crippen LogP contribution in [0.15, 0.2) is 4.79 Å². The third-order valence-electron chi connectivity index (χ3n) is 2.34. The van der Waals surface area contributed by atoms with E-state index in [1.54, 1.807) is 4.68 Å². The van der Waals surface area contributed by atoms with E-state index in [0.29, 0.717) is 6.54 Å². The van der Waals surface area contributed by atoms with E-state index in [1.165, 1.54) is 4.68 Å². The highest BCUT2D eigenvalue weighted by atomic mass is 32.1. The molecule has 2 heterocycles. The fourth-order valence-corrected chi connectivity index (χ4v) is 2.12. The summed E-state index contributed by atoms with van der Waals surface area (Å²) in [6, 6.07) is 0. The summed E-state index contributed by atoms with van der Waals surface area (Å²) in [5, 5.41) is 12.9. The van der Waals surface area contributed by atoms with Gasteiger partial charge in [-0.2, -0.15) is 5.10 Å². The van der Waals surface area contributed by atoms with E-state index in [0.717, 1.165) is 34.3 Å². The average molecular weight is 239 g/mol. The topological polar surface area (TPSA) is 65.6 Å². The fourth-order valence-electron chi connectivity index (χ4n) is 1.52. The summed E-state index contributed by atoms with van der Waals surface area (Å²) >= 11 is 1.16. The van der Waals surface area contributed by atoms with Gasteiger partial charge in [0.2, 0.25) is 0 Å². The molecule has 0 atom stereocenters. The van der Waals surface area contributed by atoms with Crippen molar-refractivity contribution in [2.45, 2.75) is 33.9 Å². The van der Waals surface area contributed by atoms with Crippen molar-refractivity contribution in [3.8, 4) is 0 Å². The van der Waals surface area contributed by atoms with Gasteiger partial charge in [-0.05, 0) is 20.8 Å². The van der Waals surface area contributed by atoms with E-state index in [1.807, 2.05) is 20.8 Å². The Bertz CT molecular complexity index is 552. The molecule has 0 spiro atoms. The van der Waals surface area contributed by atoms with Gasteiger partial charge in [-0.1, -0.05) is 16.6 Å². The van der Waals surface area contributed by atoms with Crippen LogP contribution in [0, 0.1) is 13.8 Å². The van der Waals surface area contributed by atoms with E-state index in [2.05, 4.69) is 15.4 Å². The molecule has 0 amide bonds. The van der Waals surface area contributed by atoms with Gasteiger partial charge in [0.1, 0.15) is 5.01 Å². The predicted molar refractivity (Wildman–Crippen MR) is 60.6 cm³/mol. The first-order chi connectivity index (χ1) is 7.61. The molecular formula is C9H13N5OS. The molecule has 0 aromatic carbocycles. The Balaban J connectivity index is 2.36. The Labute approximate surface area is 96.5 Å². The molecule has 2 aromatic rings. The highest BCUT2D eigenvalue weighted by Gasteiger charge is 2.11. The number of rotatable bonds is 3. The van der Waals surface area contributed by atoms with Crippen LogP contribution in [0.1, 0.15) is 23.3 Å². The molecule has 2 aromatic heterocycles. The van der Waals surface area contributed by atoms with Gasteiger partial charge in [-0.15, -0.1) is 5.10 Å². The molecule has 2 rings (SSSR count). The summed E-state index contributed by atoms with van der Waals surface area (Å²) in [5.41, 5.74) is 1.79. The minimum absolute atomic E-state index is 0.0410. The molecule has 7 heteroatoms. The molecule has 86 valence electrons. The minimum atomic E-state index is -0.0410. The lowest BCUT2D eigenvalue weighted by molar-refractivity contribution is 0.557. The van der Waals surface area contributed by atoms with Gasteiger partial charge in [-0.3, -0.25) is 4.79 Å². The Morgan fingerprint density at radius 3 is 2.62 bits per heavy atom. The lowest BCUT2D eigenvalue weighted by Gasteiger charge is -2.03. The molecular weight excluding hydrogens is 226 g/mol. The Hall–Kier alpha value is -1.50. The van der Waals surface area contributed by atoms with Crippen molar-refractivity contribution in [1.82, 2.24) is 24.8 Å². The Kier molecular flexibility index (Phi) is 2.86. The first-order valence-electron chi connectivity index (χ1n) is 5.05. The van der Waals surface area contributed by atoms with Gasteiger partial charge < -0.3 is 0 Å². The van der Waals surface area contributed by atoms with Crippen LogP contribution in [0.5, 0.6) is 0 Å². The molecule has 0 saturated carbocycles. The quantitative estimate of drug-likeness (QED) is 0.786. The van der Waals surface area contributed by atoms with Crippen molar-refractivity contribution < 1.29 is 0 Å².